The van der Waals surface area contributed by atoms with E-state index in [1.54, 1.807) is 6.20 Å². The lowest BCUT2D eigenvalue weighted by Gasteiger charge is -1.98. The van der Waals surface area contributed by atoms with Gasteiger partial charge in [0, 0.05) is 17.0 Å². The van der Waals surface area contributed by atoms with Gasteiger partial charge in [-0.3, -0.25) is 0 Å². The molecule has 0 aliphatic carbocycles. The van der Waals surface area contributed by atoms with Crippen molar-refractivity contribution in [1.29, 1.82) is 0 Å². The number of hydrogen-bond donors (Lipinski definition) is 0. The zero-order chi connectivity index (χ0) is 15.9. The minimum absolute atomic E-state index is 0.0316. The van der Waals surface area contributed by atoms with Gasteiger partial charge in [0.1, 0.15) is 0 Å². The number of hydrogen-bond acceptors (Lipinski definition) is 6. The normalized spacial score (nSPS) is 12.4. The highest BCUT2D eigenvalue weighted by Crippen LogP contribution is 2.30. The van der Waals surface area contributed by atoms with Crippen LogP contribution in [0.1, 0.15) is 35.2 Å². The molecular weight excluding hydrogens is 336 g/mol. The first-order valence-electron chi connectivity index (χ1n) is 6.90. The van der Waals surface area contributed by atoms with Crippen LogP contribution in [0.4, 0.5) is 0 Å². The van der Waals surface area contributed by atoms with Gasteiger partial charge in [0.25, 0.3) is 0 Å². The fourth-order valence-electron chi connectivity index (χ4n) is 2.05. The number of aryl methyl sites for hydroxylation is 1. The van der Waals surface area contributed by atoms with E-state index in [4.69, 9.17) is 0 Å². The first kappa shape index (κ1) is 15.6. The van der Waals surface area contributed by atoms with Gasteiger partial charge in [0.05, 0.1) is 21.0 Å². The average Bonchev–Trinajstić information content (AvgIpc) is 3.04. The second-order valence-corrected chi connectivity index (χ2v) is 9.87. The molecular formula is C15H16N2O2S3. The summed E-state index contributed by atoms with van der Waals surface area (Å²) in [7, 11) is -3.42. The summed E-state index contributed by atoms with van der Waals surface area (Å²) in [5.41, 5.74) is 1.82. The molecule has 0 aliphatic rings. The maximum Gasteiger partial charge on any atom is 0.210 e. The summed E-state index contributed by atoms with van der Waals surface area (Å²) in [6, 6.07) is 5.80. The average molecular weight is 353 g/mol. The minimum atomic E-state index is -3.42. The highest BCUT2D eigenvalue weighted by molar-refractivity contribution is 7.92. The van der Waals surface area contributed by atoms with Crippen LogP contribution in [-0.2, 0) is 15.6 Å². The van der Waals surface area contributed by atoms with E-state index in [-0.39, 0.29) is 10.1 Å². The van der Waals surface area contributed by atoms with Crippen LogP contribution in [0.15, 0.2) is 28.7 Å². The summed E-state index contributed by atoms with van der Waals surface area (Å²) in [5, 5.41) is 0.963. The molecule has 3 rings (SSSR count). The van der Waals surface area contributed by atoms with E-state index in [0.29, 0.717) is 5.92 Å². The van der Waals surface area contributed by atoms with Crippen LogP contribution in [0.25, 0.3) is 10.2 Å². The standard InChI is InChI=1S/C15H16N2O2S3/c1-9(2)14-16-7-11(20-14)8-22(18,19)15-17-12-6-10(3)4-5-13(12)21-15/h4-7,9H,8H2,1-3H3. The van der Waals surface area contributed by atoms with E-state index >= 15 is 0 Å². The molecule has 0 aliphatic heterocycles. The number of nitrogens with zero attached hydrogens (tertiary/aromatic N) is 2. The fraction of sp³-hybridized carbons (Fsp3) is 0.333. The van der Waals surface area contributed by atoms with Gasteiger partial charge in [-0.25, -0.2) is 18.4 Å². The van der Waals surface area contributed by atoms with Crippen LogP contribution >= 0.6 is 22.7 Å². The van der Waals surface area contributed by atoms with Crippen LogP contribution in [0.2, 0.25) is 0 Å². The first-order chi connectivity index (χ1) is 10.3. The Kier molecular flexibility index (Phi) is 4.05. The molecule has 0 N–H and O–H groups in total. The van der Waals surface area contributed by atoms with E-state index in [1.807, 2.05) is 39.0 Å². The third-order valence-corrected chi connectivity index (χ3v) is 7.83. The van der Waals surface area contributed by atoms with E-state index < -0.39 is 9.84 Å². The van der Waals surface area contributed by atoms with Gasteiger partial charge in [0.2, 0.25) is 14.2 Å². The Balaban J connectivity index is 1.93. The van der Waals surface area contributed by atoms with Crippen molar-refractivity contribution < 1.29 is 8.42 Å². The summed E-state index contributed by atoms with van der Waals surface area (Å²) >= 11 is 2.69. The molecule has 116 valence electrons. The maximum absolute atomic E-state index is 12.6. The highest BCUT2D eigenvalue weighted by atomic mass is 32.2. The molecule has 0 bridgehead atoms. The second-order valence-electron chi connectivity index (χ2n) is 5.53. The van der Waals surface area contributed by atoms with Gasteiger partial charge in [-0.1, -0.05) is 19.9 Å². The van der Waals surface area contributed by atoms with Crippen LogP contribution in [-0.4, -0.2) is 18.4 Å². The van der Waals surface area contributed by atoms with Gasteiger partial charge in [-0.05, 0) is 24.6 Å². The molecule has 0 saturated carbocycles. The molecule has 4 nitrogen and oxygen atoms in total. The molecule has 1 aromatic carbocycles. The minimum Gasteiger partial charge on any atom is -0.249 e. The molecule has 2 heterocycles. The lowest BCUT2D eigenvalue weighted by atomic mass is 10.2. The monoisotopic (exact) mass is 352 g/mol. The molecule has 0 radical (unpaired) electrons. The Hall–Kier alpha value is -1.31. The van der Waals surface area contributed by atoms with Gasteiger partial charge in [-0.2, -0.15) is 0 Å². The Labute approximate surface area is 137 Å². The van der Waals surface area contributed by atoms with Crippen molar-refractivity contribution in [1.82, 2.24) is 9.97 Å². The number of rotatable bonds is 4. The van der Waals surface area contributed by atoms with E-state index in [2.05, 4.69) is 9.97 Å². The molecule has 0 fully saturated rings. The Bertz CT molecular complexity index is 923. The van der Waals surface area contributed by atoms with Crippen LogP contribution < -0.4 is 0 Å². The zero-order valence-electron chi connectivity index (χ0n) is 12.5. The molecule has 0 atom stereocenters. The van der Waals surface area contributed by atoms with Gasteiger partial charge in [0.15, 0.2) is 0 Å². The third-order valence-electron chi connectivity index (χ3n) is 3.19. The van der Waals surface area contributed by atoms with Gasteiger partial charge >= 0.3 is 0 Å². The molecule has 0 saturated heterocycles. The van der Waals surface area contributed by atoms with Crippen molar-refractivity contribution in [2.45, 2.75) is 36.8 Å². The largest absolute Gasteiger partial charge is 0.249 e. The highest BCUT2D eigenvalue weighted by Gasteiger charge is 2.22. The van der Waals surface area contributed by atoms with Crippen molar-refractivity contribution in [2.24, 2.45) is 0 Å². The maximum atomic E-state index is 12.6. The number of fused-ring (bicyclic) bond motifs is 1. The molecule has 22 heavy (non-hydrogen) atoms. The summed E-state index contributed by atoms with van der Waals surface area (Å²) in [6.07, 6.45) is 1.66. The molecule has 3 aromatic rings. The number of sulfone groups is 1. The summed E-state index contributed by atoms with van der Waals surface area (Å²) < 4.78 is 26.2. The first-order valence-corrected chi connectivity index (χ1v) is 10.2. The fourth-order valence-corrected chi connectivity index (χ4v) is 5.91. The third kappa shape index (κ3) is 3.06. The van der Waals surface area contributed by atoms with Crippen molar-refractivity contribution >= 4 is 42.7 Å². The van der Waals surface area contributed by atoms with Crippen molar-refractivity contribution in [3.63, 3.8) is 0 Å². The van der Waals surface area contributed by atoms with Crippen LogP contribution in [0.3, 0.4) is 0 Å². The topological polar surface area (TPSA) is 59.9 Å². The second kappa shape index (κ2) is 5.72. The van der Waals surface area contributed by atoms with Crippen molar-refractivity contribution in [3.05, 3.63) is 39.8 Å². The Morgan fingerprint density at radius 3 is 2.68 bits per heavy atom. The van der Waals surface area contributed by atoms with Crippen molar-refractivity contribution in [2.75, 3.05) is 0 Å². The van der Waals surface area contributed by atoms with Crippen LogP contribution in [0.5, 0.6) is 0 Å². The van der Waals surface area contributed by atoms with Gasteiger partial charge in [-0.15, -0.1) is 22.7 Å². The van der Waals surface area contributed by atoms with E-state index in [1.165, 1.54) is 22.7 Å². The molecule has 7 heteroatoms. The Morgan fingerprint density at radius 1 is 1.23 bits per heavy atom. The summed E-state index contributed by atoms with van der Waals surface area (Å²) in [6.45, 7) is 6.07. The smallest absolute Gasteiger partial charge is 0.210 e. The van der Waals surface area contributed by atoms with E-state index in [9.17, 15) is 8.42 Å². The number of benzene rings is 1. The molecule has 0 amide bonds. The molecule has 0 spiro atoms. The number of aromatic nitrogens is 2. The van der Waals surface area contributed by atoms with E-state index in [0.717, 1.165) is 25.7 Å². The van der Waals surface area contributed by atoms with Gasteiger partial charge < -0.3 is 0 Å². The summed E-state index contributed by atoms with van der Waals surface area (Å²) in [4.78, 5) is 9.35. The predicted octanol–water partition coefficient (Wildman–Crippen LogP) is 4.16. The van der Waals surface area contributed by atoms with Crippen molar-refractivity contribution in [3.8, 4) is 0 Å². The molecule has 2 aromatic heterocycles. The zero-order valence-corrected chi connectivity index (χ0v) is 15.0. The lowest BCUT2D eigenvalue weighted by molar-refractivity contribution is 0.595. The summed E-state index contributed by atoms with van der Waals surface area (Å²) in [5.74, 6) is 0.280. The molecule has 0 unspecified atom stereocenters. The Morgan fingerprint density at radius 2 is 2.00 bits per heavy atom. The number of thiazole rings is 2. The lowest BCUT2D eigenvalue weighted by Crippen LogP contribution is -2.03. The SMILES string of the molecule is Cc1ccc2sc(S(=O)(=O)Cc3cnc(C(C)C)s3)nc2c1. The predicted molar refractivity (Wildman–Crippen MR) is 91.4 cm³/mol. The quantitative estimate of drug-likeness (QED) is 0.707. The van der Waals surface area contributed by atoms with Crippen LogP contribution in [0, 0.1) is 6.92 Å².